The third kappa shape index (κ3) is 5.41. The first-order valence-corrected chi connectivity index (χ1v) is 10.0. The summed E-state index contributed by atoms with van der Waals surface area (Å²) in [7, 11) is 0. The summed E-state index contributed by atoms with van der Waals surface area (Å²) in [5, 5.41) is 14.8. The van der Waals surface area contributed by atoms with Gasteiger partial charge in [0, 0.05) is 15.2 Å². The normalized spacial score (nSPS) is 10.4. The molecule has 3 rings (SSSR count). The Labute approximate surface area is 175 Å². The van der Waals surface area contributed by atoms with Crippen LogP contribution in [0.3, 0.4) is 0 Å². The van der Waals surface area contributed by atoms with E-state index in [9.17, 15) is 4.79 Å². The van der Waals surface area contributed by atoms with Gasteiger partial charge >= 0.3 is 6.03 Å². The molecule has 0 radical (unpaired) electrons. The fourth-order valence-electron chi connectivity index (χ4n) is 1.92. The molecule has 0 bridgehead atoms. The minimum absolute atomic E-state index is 0.246. The predicted molar refractivity (Wildman–Crippen MR) is 110 cm³/mol. The number of nitrogens with one attached hydrogen (secondary N) is 2. The second kappa shape index (κ2) is 8.81. The highest BCUT2D eigenvalue weighted by atomic mass is 79.9. The zero-order valence-electron chi connectivity index (χ0n) is 13.0. The van der Waals surface area contributed by atoms with Gasteiger partial charge in [0.25, 0.3) is 0 Å². The van der Waals surface area contributed by atoms with E-state index in [4.69, 9.17) is 16.3 Å². The average Bonchev–Trinajstić information content (AvgIpc) is 3.01. The van der Waals surface area contributed by atoms with Gasteiger partial charge in [0.15, 0.2) is 5.01 Å². The number of nitrogens with zero attached hydrogens (tertiary/aromatic N) is 2. The Morgan fingerprint density at radius 1 is 1.15 bits per heavy atom. The topological polar surface area (TPSA) is 76.1 Å². The van der Waals surface area contributed by atoms with Gasteiger partial charge in [-0.15, -0.1) is 10.2 Å². The molecule has 0 aliphatic carbocycles. The molecule has 3 aromatic rings. The number of aromatic nitrogens is 2. The van der Waals surface area contributed by atoms with Crippen LogP contribution in [-0.4, -0.2) is 16.2 Å². The van der Waals surface area contributed by atoms with Crippen LogP contribution in [0.25, 0.3) is 0 Å². The highest BCUT2D eigenvalue weighted by Gasteiger charge is 2.10. The summed E-state index contributed by atoms with van der Waals surface area (Å²) in [4.78, 5) is 12.0. The van der Waals surface area contributed by atoms with E-state index < -0.39 is 6.03 Å². The number of rotatable bonds is 5. The molecule has 0 fully saturated rings. The van der Waals surface area contributed by atoms with E-state index in [-0.39, 0.29) is 6.61 Å². The number of amides is 2. The molecule has 0 unspecified atom stereocenters. The lowest BCUT2D eigenvalue weighted by atomic mass is 10.3. The number of halogens is 3. The highest BCUT2D eigenvalue weighted by Crippen LogP contribution is 2.29. The van der Waals surface area contributed by atoms with E-state index in [0.29, 0.717) is 26.6 Å². The second-order valence-corrected chi connectivity index (χ2v) is 8.22. The predicted octanol–water partition coefficient (Wildman–Crippen LogP) is 5.94. The molecular formula is C16H11Br2ClN4O2S. The molecule has 1 aromatic heterocycles. The number of ether oxygens (including phenoxy) is 1. The fourth-order valence-corrected chi connectivity index (χ4v) is 3.92. The van der Waals surface area contributed by atoms with Crippen molar-refractivity contribution in [2.24, 2.45) is 0 Å². The van der Waals surface area contributed by atoms with Crippen molar-refractivity contribution in [3.05, 3.63) is 61.4 Å². The van der Waals surface area contributed by atoms with Crippen LogP contribution in [0.2, 0.25) is 5.02 Å². The van der Waals surface area contributed by atoms with Crippen molar-refractivity contribution >= 4 is 71.6 Å². The Morgan fingerprint density at radius 2 is 2.00 bits per heavy atom. The molecule has 2 aromatic carbocycles. The first-order valence-electron chi connectivity index (χ1n) is 7.23. The van der Waals surface area contributed by atoms with Crippen LogP contribution >= 0.6 is 54.8 Å². The maximum atomic E-state index is 12.0. The number of anilines is 2. The van der Waals surface area contributed by atoms with Crippen molar-refractivity contribution in [1.29, 1.82) is 0 Å². The number of carbonyl (C=O) groups excluding carboxylic acids is 1. The van der Waals surface area contributed by atoms with Crippen molar-refractivity contribution in [2.45, 2.75) is 6.61 Å². The first kappa shape index (κ1) is 19.1. The summed E-state index contributed by atoms with van der Waals surface area (Å²) >= 11 is 13.9. The zero-order valence-corrected chi connectivity index (χ0v) is 17.7. The molecule has 0 aliphatic heterocycles. The van der Waals surface area contributed by atoms with E-state index in [1.54, 1.807) is 24.3 Å². The molecule has 2 N–H and O–H groups in total. The quantitative estimate of drug-likeness (QED) is 0.438. The minimum Gasteiger partial charge on any atom is -0.485 e. The van der Waals surface area contributed by atoms with Gasteiger partial charge in [0.05, 0.1) is 4.47 Å². The van der Waals surface area contributed by atoms with Gasteiger partial charge in [-0.1, -0.05) is 44.9 Å². The van der Waals surface area contributed by atoms with Gasteiger partial charge < -0.3 is 10.1 Å². The lowest BCUT2D eigenvalue weighted by Gasteiger charge is -2.06. The molecule has 26 heavy (non-hydrogen) atoms. The van der Waals surface area contributed by atoms with Crippen molar-refractivity contribution in [3.8, 4) is 5.75 Å². The monoisotopic (exact) mass is 516 g/mol. The maximum Gasteiger partial charge on any atom is 0.325 e. The lowest BCUT2D eigenvalue weighted by Crippen LogP contribution is -2.19. The molecule has 134 valence electrons. The molecule has 0 aliphatic rings. The van der Waals surface area contributed by atoms with Crippen LogP contribution in [0.1, 0.15) is 5.01 Å². The summed E-state index contributed by atoms with van der Waals surface area (Å²) in [6, 6.07) is 12.1. The van der Waals surface area contributed by atoms with Crippen molar-refractivity contribution < 1.29 is 9.53 Å². The largest absolute Gasteiger partial charge is 0.485 e. The standard InChI is InChI=1S/C16H11Br2ClN4O2S/c17-9-4-5-13(12(18)6-9)25-8-14-22-23-16(26-14)21-15(24)20-11-3-1-2-10(19)7-11/h1-7H,8H2,(H2,20,21,23,24). The smallest absolute Gasteiger partial charge is 0.325 e. The van der Waals surface area contributed by atoms with Gasteiger partial charge in [-0.25, -0.2) is 4.79 Å². The fraction of sp³-hybridized carbons (Fsp3) is 0.0625. The van der Waals surface area contributed by atoms with Gasteiger partial charge in [0.1, 0.15) is 12.4 Å². The van der Waals surface area contributed by atoms with E-state index in [1.165, 1.54) is 11.3 Å². The Kier molecular flexibility index (Phi) is 6.47. The van der Waals surface area contributed by atoms with Crippen LogP contribution in [0.5, 0.6) is 5.75 Å². The summed E-state index contributed by atoms with van der Waals surface area (Å²) < 4.78 is 7.48. The Bertz CT molecular complexity index is 938. The number of urea groups is 1. The van der Waals surface area contributed by atoms with E-state index in [0.717, 1.165) is 8.95 Å². The molecule has 0 saturated carbocycles. The van der Waals surface area contributed by atoms with Gasteiger partial charge in [-0.2, -0.15) is 0 Å². The Morgan fingerprint density at radius 3 is 2.77 bits per heavy atom. The Balaban J connectivity index is 1.55. The van der Waals surface area contributed by atoms with Crippen LogP contribution in [0.4, 0.5) is 15.6 Å². The first-order chi connectivity index (χ1) is 12.5. The zero-order chi connectivity index (χ0) is 18.5. The second-order valence-electron chi connectivity index (χ2n) is 4.95. The average molecular weight is 519 g/mol. The molecule has 10 heteroatoms. The molecule has 0 saturated heterocycles. The van der Waals surface area contributed by atoms with Gasteiger partial charge in [-0.05, 0) is 52.3 Å². The molecule has 0 spiro atoms. The lowest BCUT2D eigenvalue weighted by molar-refractivity contribution is 0.262. The summed E-state index contributed by atoms with van der Waals surface area (Å²) in [6.07, 6.45) is 0. The number of carbonyl (C=O) groups is 1. The third-order valence-electron chi connectivity index (χ3n) is 3.01. The van der Waals surface area contributed by atoms with Crippen LogP contribution < -0.4 is 15.4 Å². The van der Waals surface area contributed by atoms with Crippen LogP contribution in [0.15, 0.2) is 51.4 Å². The number of hydrogen-bond donors (Lipinski definition) is 2. The molecule has 6 nitrogen and oxygen atoms in total. The highest BCUT2D eigenvalue weighted by molar-refractivity contribution is 9.11. The van der Waals surface area contributed by atoms with Crippen molar-refractivity contribution in [3.63, 3.8) is 0 Å². The molecule has 2 amide bonds. The summed E-state index contributed by atoms with van der Waals surface area (Å²) in [6.45, 7) is 0.246. The maximum absolute atomic E-state index is 12.0. The van der Waals surface area contributed by atoms with E-state index in [1.807, 2.05) is 18.2 Å². The van der Waals surface area contributed by atoms with Crippen molar-refractivity contribution in [1.82, 2.24) is 10.2 Å². The SMILES string of the molecule is O=C(Nc1cccc(Cl)c1)Nc1nnc(COc2ccc(Br)cc2Br)s1. The van der Waals surface area contributed by atoms with Gasteiger partial charge in [0.2, 0.25) is 5.13 Å². The van der Waals surface area contributed by atoms with E-state index in [2.05, 4.69) is 52.7 Å². The van der Waals surface area contributed by atoms with Crippen LogP contribution in [0, 0.1) is 0 Å². The number of hydrogen-bond acceptors (Lipinski definition) is 5. The minimum atomic E-state index is -0.425. The van der Waals surface area contributed by atoms with Crippen LogP contribution in [-0.2, 0) is 6.61 Å². The number of benzene rings is 2. The molecule has 0 atom stereocenters. The summed E-state index contributed by atoms with van der Waals surface area (Å²) in [5.74, 6) is 0.691. The summed E-state index contributed by atoms with van der Waals surface area (Å²) in [5.41, 5.74) is 0.586. The third-order valence-corrected chi connectivity index (χ3v) is 5.18. The van der Waals surface area contributed by atoms with Gasteiger partial charge in [-0.3, -0.25) is 5.32 Å². The Hall–Kier alpha value is -1.68. The molecular weight excluding hydrogens is 508 g/mol. The molecule has 1 heterocycles. The van der Waals surface area contributed by atoms with Crippen molar-refractivity contribution in [2.75, 3.05) is 10.6 Å². The van der Waals surface area contributed by atoms with E-state index >= 15 is 0 Å².